The van der Waals surface area contributed by atoms with Crippen LogP contribution in [0.1, 0.15) is 89.5 Å². The predicted octanol–water partition coefficient (Wildman–Crippen LogP) is 7.25. The molecule has 0 N–H and O–H groups in total. The van der Waals surface area contributed by atoms with Gasteiger partial charge in [0.1, 0.15) is 5.75 Å². The van der Waals surface area contributed by atoms with E-state index in [1.54, 1.807) is 11.1 Å². The summed E-state index contributed by atoms with van der Waals surface area (Å²) >= 11 is 0. The Kier molecular flexibility index (Phi) is 5.72. The van der Waals surface area contributed by atoms with Crippen LogP contribution in [0.3, 0.4) is 0 Å². The zero-order valence-electron chi connectivity index (χ0n) is 16.7. The van der Waals surface area contributed by atoms with Gasteiger partial charge in [-0.3, -0.25) is 0 Å². The van der Waals surface area contributed by atoms with Gasteiger partial charge in [-0.15, -0.1) is 0 Å². The number of hydrogen-bond donors (Lipinski definition) is 0. The SMILES string of the molecule is CC(CCc1ccc(OCC2CCCC3(CCCCC3)C2)cc1)=C1CC1. The van der Waals surface area contributed by atoms with E-state index in [1.807, 2.05) is 0 Å². The van der Waals surface area contributed by atoms with Crippen molar-refractivity contribution in [2.45, 2.75) is 90.4 Å². The quantitative estimate of drug-likeness (QED) is 0.490. The minimum absolute atomic E-state index is 0.683. The van der Waals surface area contributed by atoms with Gasteiger partial charge in [-0.25, -0.2) is 0 Å². The minimum Gasteiger partial charge on any atom is -0.493 e. The molecule has 3 aliphatic carbocycles. The van der Waals surface area contributed by atoms with Gasteiger partial charge in [0.25, 0.3) is 0 Å². The van der Waals surface area contributed by atoms with Crippen LogP contribution in [0.5, 0.6) is 5.75 Å². The molecule has 4 rings (SSSR count). The number of benzene rings is 1. The Morgan fingerprint density at radius 3 is 2.46 bits per heavy atom. The van der Waals surface area contributed by atoms with Crippen molar-refractivity contribution in [1.82, 2.24) is 0 Å². The Hall–Kier alpha value is -1.24. The molecular formula is C25H36O. The van der Waals surface area contributed by atoms with Gasteiger partial charge in [0.15, 0.2) is 0 Å². The predicted molar refractivity (Wildman–Crippen MR) is 110 cm³/mol. The first-order valence-electron chi connectivity index (χ1n) is 11.1. The zero-order chi connectivity index (χ0) is 17.8. The smallest absolute Gasteiger partial charge is 0.119 e. The second-order valence-corrected chi connectivity index (χ2v) is 9.36. The van der Waals surface area contributed by atoms with E-state index >= 15 is 0 Å². The molecular weight excluding hydrogens is 316 g/mol. The third-order valence-electron chi connectivity index (χ3n) is 7.26. The Bertz CT molecular complexity index is 607. The van der Waals surface area contributed by atoms with Crippen LogP contribution in [-0.2, 0) is 6.42 Å². The Morgan fingerprint density at radius 1 is 1.00 bits per heavy atom. The van der Waals surface area contributed by atoms with Crippen LogP contribution in [-0.4, -0.2) is 6.61 Å². The summed E-state index contributed by atoms with van der Waals surface area (Å²) in [5, 5.41) is 0. The van der Waals surface area contributed by atoms with Gasteiger partial charge >= 0.3 is 0 Å². The summed E-state index contributed by atoms with van der Waals surface area (Å²) in [5.74, 6) is 1.84. The maximum absolute atomic E-state index is 6.20. The molecule has 1 atom stereocenters. The van der Waals surface area contributed by atoms with E-state index in [-0.39, 0.29) is 0 Å². The first-order chi connectivity index (χ1) is 12.7. The number of rotatable bonds is 6. The molecule has 1 spiro atoms. The maximum atomic E-state index is 6.20. The fourth-order valence-corrected chi connectivity index (χ4v) is 5.44. The van der Waals surface area contributed by atoms with Crippen molar-refractivity contribution in [3.8, 4) is 5.75 Å². The van der Waals surface area contributed by atoms with E-state index in [9.17, 15) is 0 Å². The third kappa shape index (κ3) is 4.72. The normalized spacial score (nSPS) is 24.5. The topological polar surface area (TPSA) is 9.23 Å². The lowest BCUT2D eigenvalue weighted by molar-refractivity contribution is 0.0658. The molecule has 1 unspecified atom stereocenters. The number of aryl methyl sites for hydroxylation is 1. The molecule has 1 aromatic carbocycles. The monoisotopic (exact) mass is 352 g/mol. The fraction of sp³-hybridized carbons (Fsp3) is 0.680. The van der Waals surface area contributed by atoms with Crippen LogP contribution >= 0.6 is 0 Å². The van der Waals surface area contributed by atoms with Crippen LogP contribution in [0.25, 0.3) is 0 Å². The highest BCUT2D eigenvalue weighted by atomic mass is 16.5. The van der Waals surface area contributed by atoms with Crippen LogP contribution < -0.4 is 4.74 Å². The second kappa shape index (κ2) is 8.19. The Labute approximate surface area is 160 Å². The number of allylic oxidation sites excluding steroid dienone is 2. The molecule has 1 aromatic rings. The van der Waals surface area contributed by atoms with E-state index in [2.05, 4.69) is 31.2 Å². The molecule has 0 aliphatic heterocycles. The van der Waals surface area contributed by atoms with Crippen molar-refractivity contribution in [3.63, 3.8) is 0 Å². The molecule has 0 radical (unpaired) electrons. The molecule has 26 heavy (non-hydrogen) atoms. The molecule has 0 amide bonds. The largest absolute Gasteiger partial charge is 0.493 e. The summed E-state index contributed by atoms with van der Waals surface area (Å²) in [6.07, 6.45) is 18.1. The van der Waals surface area contributed by atoms with E-state index in [4.69, 9.17) is 4.74 Å². The summed E-state index contributed by atoms with van der Waals surface area (Å²) in [4.78, 5) is 0. The molecule has 3 fully saturated rings. The number of ether oxygens (including phenoxy) is 1. The lowest BCUT2D eigenvalue weighted by Gasteiger charge is -2.43. The summed E-state index contributed by atoms with van der Waals surface area (Å²) in [7, 11) is 0. The lowest BCUT2D eigenvalue weighted by atomic mass is 9.63. The summed E-state index contributed by atoms with van der Waals surface area (Å²) in [6.45, 7) is 3.23. The molecule has 3 aliphatic rings. The van der Waals surface area contributed by atoms with Gasteiger partial charge in [0.05, 0.1) is 6.61 Å². The fourth-order valence-electron chi connectivity index (χ4n) is 5.44. The first-order valence-corrected chi connectivity index (χ1v) is 11.1. The van der Waals surface area contributed by atoms with E-state index in [0.29, 0.717) is 5.41 Å². The molecule has 142 valence electrons. The van der Waals surface area contributed by atoms with E-state index in [0.717, 1.165) is 18.3 Å². The maximum Gasteiger partial charge on any atom is 0.119 e. The van der Waals surface area contributed by atoms with Crippen LogP contribution in [0.2, 0.25) is 0 Å². The summed E-state index contributed by atoms with van der Waals surface area (Å²) in [5.41, 5.74) is 5.45. The van der Waals surface area contributed by atoms with Gasteiger partial charge in [-0.2, -0.15) is 0 Å². The third-order valence-corrected chi connectivity index (χ3v) is 7.26. The van der Waals surface area contributed by atoms with Gasteiger partial charge in [-0.1, -0.05) is 49.0 Å². The highest BCUT2D eigenvalue weighted by Crippen LogP contribution is 2.49. The number of hydrogen-bond acceptors (Lipinski definition) is 1. The lowest BCUT2D eigenvalue weighted by Crippen LogP contribution is -2.33. The van der Waals surface area contributed by atoms with Crippen molar-refractivity contribution in [3.05, 3.63) is 41.0 Å². The molecule has 0 saturated heterocycles. The van der Waals surface area contributed by atoms with Crippen LogP contribution in [0, 0.1) is 11.3 Å². The van der Waals surface area contributed by atoms with Crippen molar-refractivity contribution in [2.24, 2.45) is 11.3 Å². The van der Waals surface area contributed by atoms with Crippen molar-refractivity contribution >= 4 is 0 Å². The van der Waals surface area contributed by atoms with Gasteiger partial charge in [0, 0.05) is 0 Å². The van der Waals surface area contributed by atoms with Crippen LogP contribution in [0.15, 0.2) is 35.4 Å². The van der Waals surface area contributed by atoms with E-state index < -0.39 is 0 Å². The Balaban J connectivity index is 1.24. The van der Waals surface area contributed by atoms with Gasteiger partial charge < -0.3 is 4.74 Å². The zero-order valence-corrected chi connectivity index (χ0v) is 16.7. The second-order valence-electron chi connectivity index (χ2n) is 9.36. The molecule has 1 nitrogen and oxygen atoms in total. The van der Waals surface area contributed by atoms with Crippen molar-refractivity contribution in [2.75, 3.05) is 6.61 Å². The van der Waals surface area contributed by atoms with Gasteiger partial charge in [-0.05, 0) is 93.7 Å². The van der Waals surface area contributed by atoms with Crippen molar-refractivity contribution < 1.29 is 4.74 Å². The van der Waals surface area contributed by atoms with Gasteiger partial charge in [0.2, 0.25) is 0 Å². The Morgan fingerprint density at radius 2 is 1.73 bits per heavy atom. The summed E-state index contributed by atoms with van der Waals surface area (Å²) in [6, 6.07) is 8.91. The first kappa shape index (κ1) is 18.1. The average Bonchev–Trinajstić information content (AvgIpc) is 3.51. The molecule has 0 aromatic heterocycles. The molecule has 0 bridgehead atoms. The molecule has 1 heteroatoms. The van der Waals surface area contributed by atoms with E-state index in [1.165, 1.54) is 89.0 Å². The highest BCUT2D eigenvalue weighted by Gasteiger charge is 2.37. The molecule has 3 saturated carbocycles. The molecule has 0 heterocycles. The van der Waals surface area contributed by atoms with Crippen LogP contribution in [0.4, 0.5) is 0 Å². The van der Waals surface area contributed by atoms with Crippen molar-refractivity contribution in [1.29, 1.82) is 0 Å². The standard InChI is InChI=1S/C25H36O/c1-20(23-11-12-23)7-8-21-9-13-24(14-10-21)26-19-22-6-5-17-25(18-22)15-3-2-4-16-25/h9-10,13-14,22H,2-8,11-12,15-19H2,1H3. The minimum atomic E-state index is 0.683. The highest BCUT2D eigenvalue weighted by molar-refractivity contribution is 5.29. The average molecular weight is 353 g/mol. The summed E-state index contributed by atoms with van der Waals surface area (Å²) < 4.78 is 6.20.